The van der Waals surface area contributed by atoms with Crippen LogP contribution in [0, 0.1) is 5.92 Å². The maximum Gasteiger partial charge on any atom is 0.255 e. The molecule has 1 aliphatic carbocycles. The molecular formula is C13H15NO2. The Balaban J connectivity index is 2.01. The van der Waals surface area contributed by atoms with Crippen molar-refractivity contribution in [1.82, 2.24) is 5.32 Å². The number of fused-ring (bicyclic) bond motifs is 1. The zero-order valence-electron chi connectivity index (χ0n) is 9.07. The van der Waals surface area contributed by atoms with Crippen LogP contribution in [0.5, 0.6) is 5.75 Å². The predicted molar refractivity (Wildman–Crippen MR) is 60.3 cm³/mol. The molecule has 1 unspecified atom stereocenters. The minimum atomic E-state index is -0.120. The van der Waals surface area contributed by atoms with Crippen molar-refractivity contribution in [1.29, 1.82) is 0 Å². The van der Waals surface area contributed by atoms with E-state index in [1.54, 1.807) is 6.07 Å². The van der Waals surface area contributed by atoms with Gasteiger partial charge >= 0.3 is 0 Å². The van der Waals surface area contributed by atoms with E-state index in [0.717, 1.165) is 5.56 Å². The summed E-state index contributed by atoms with van der Waals surface area (Å²) in [6, 6.07) is 5.47. The van der Waals surface area contributed by atoms with Crippen LogP contribution in [-0.4, -0.2) is 11.0 Å². The first-order valence-electron chi connectivity index (χ1n) is 5.90. The van der Waals surface area contributed by atoms with E-state index in [1.807, 2.05) is 12.1 Å². The van der Waals surface area contributed by atoms with E-state index in [1.165, 1.54) is 25.7 Å². The molecule has 84 valence electrons. The molecule has 1 aromatic carbocycles. The topological polar surface area (TPSA) is 49.3 Å². The lowest BCUT2D eigenvalue weighted by molar-refractivity contribution is 0.0944. The Morgan fingerprint density at radius 2 is 2.00 bits per heavy atom. The molecule has 1 fully saturated rings. The molecule has 3 heteroatoms. The quantitative estimate of drug-likeness (QED) is 0.758. The molecule has 1 aromatic rings. The van der Waals surface area contributed by atoms with Gasteiger partial charge in [0.25, 0.3) is 5.91 Å². The van der Waals surface area contributed by atoms with Crippen molar-refractivity contribution in [2.24, 2.45) is 5.92 Å². The first-order chi connectivity index (χ1) is 7.77. The minimum Gasteiger partial charge on any atom is -0.507 e. The molecule has 0 saturated heterocycles. The van der Waals surface area contributed by atoms with Gasteiger partial charge in [0.15, 0.2) is 0 Å². The highest BCUT2D eigenvalue weighted by molar-refractivity contribution is 6.01. The van der Waals surface area contributed by atoms with Gasteiger partial charge in [-0.05, 0) is 30.4 Å². The molecule has 0 radical (unpaired) electrons. The molecule has 1 amide bonds. The summed E-state index contributed by atoms with van der Waals surface area (Å²) in [7, 11) is 0. The molecule has 2 N–H and O–H groups in total. The number of carbonyl (C=O) groups is 1. The molecule has 3 rings (SSSR count). The molecule has 0 spiro atoms. The molecule has 1 saturated carbocycles. The van der Waals surface area contributed by atoms with Gasteiger partial charge in [-0.1, -0.05) is 25.0 Å². The van der Waals surface area contributed by atoms with Crippen LogP contribution in [0.2, 0.25) is 0 Å². The summed E-state index contributed by atoms with van der Waals surface area (Å²) in [5.74, 6) is 0.535. The normalized spacial score (nSPS) is 24.5. The van der Waals surface area contributed by atoms with Crippen molar-refractivity contribution in [3.05, 3.63) is 29.3 Å². The average Bonchev–Trinajstić information content (AvgIpc) is 2.86. The summed E-state index contributed by atoms with van der Waals surface area (Å²) in [5.41, 5.74) is 1.47. The Kier molecular flexibility index (Phi) is 2.13. The Bertz CT molecular complexity index is 436. The van der Waals surface area contributed by atoms with Crippen molar-refractivity contribution in [2.75, 3.05) is 0 Å². The van der Waals surface area contributed by atoms with Gasteiger partial charge in [0, 0.05) is 0 Å². The third-order valence-electron chi connectivity index (χ3n) is 3.79. The molecule has 0 bridgehead atoms. The highest BCUT2D eigenvalue weighted by Crippen LogP contribution is 2.41. The lowest BCUT2D eigenvalue weighted by atomic mass is 9.92. The number of benzene rings is 1. The van der Waals surface area contributed by atoms with Crippen LogP contribution in [0.25, 0.3) is 0 Å². The van der Waals surface area contributed by atoms with E-state index >= 15 is 0 Å². The molecular weight excluding hydrogens is 202 g/mol. The fourth-order valence-corrected chi connectivity index (χ4v) is 3.02. The number of rotatable bonds is 1. The minimum absolute atomic E-state index is 0.107. The molecule has 1 atom stereocenters. The van der Waals surface area contributed by atoms with Gasteiger partial charge in [-0.3, -0.25) is 4.79 Å². The van der Waals surface area contributed by atoms with Crippen molar-refractivity contribution in [3.8, 4) is 5.75 Å². The van der Waals surface area contributed by atoms with Crippen molar-refractivity contribution >= 4 is 5.91 Å². The number of nitrogens with one attached hydrogen (secondary N) is 1. The third kappa shape index (κ3) is 1.31. The van der Waals surface area contributed by atoms with Gasteiger partial charge in [0.05, 0.1) is 11.6 Å². The van der Waals surface area contributed by atoms with Gasteiger partial charge in [0.1, 0.15) is 5.75 Å². The number of aromatic hydroxyl groups is 1. The molecule has 0 aromatic heterocycles. The van der Waals surface area contributed by atoms with Crippen LogP contribution in [-0.2, 0) is 0 Å². The van der Waals surface area contributed by atoms with Gasteiger partial charge in [0.2, 0.25) is 0 Å². The number of phenols is 1. The summed E-state index contributed by atoms with van der Waals surface area (Å²) in [4.78, 5) is 11.8. The maximum atomic E-state index is 11.8. The number of hydrogen-bond acceptors (Lipinski definition) is 2. The molecule has 1 aliphatic heterocycles. The number of hydrogen-bond donors (Lipinski definition) is 2. The standard InChI is InChI=1S/C13H15NO2/c15-10-7-3-6-9-11(10)13(16)14-12(9)8-4-1-2-5-8/h3,6-8,12,15H,1-2,4-5H2,(H,14,16). The average molecular weight is 217 g/mol. The summed E-state index contributed by atoms with van der Waals surface area (Å²) < 4.78 is 0. The number of carbonyl (C=O) groups excluding carboxylic acids is 1. The summed E-state index contributed by atoms with van der Waals surface area (Å²) in [6.45, 7) is 0. The lowest BCUT2D eigenvalue weighted by Gasteiger charge is -2.18. The zero-order valence-corrected chi connectivity index (χ0v) is 9.07. The van der Waals surface area contributed by atoms with E-state index in [9.17, 15) is 9.90 Å². The van der Waals surface area contributed by atoms with Gasteiger partial charge < -0.3 is 10.4 Å². The second-order valence-electron chi connectivity index (χ2n) is 4.74. The van der Waals surface area contributed by atoms with Crippen LogP contribution in [0.1, 0.15) is 47.6 Å². The van der Waals surface area contributed by atoms with Crippen LogP contribution in [0.15, 0.2) is 18.2 Å². The zero-order chi connectivity index (χ0) is 11.1. The SMILES string of the molecule is O=C1NC(C2CCCC2)c2cccc(O)c21. The fourth-order valence-electron chi connectivity index (χ4n) is 3.02. The summed E-state index contributed by atoms with van der Waals surface area (Å²) >= 11 is 0. The highest BCUT2D eigenvalue weighted by Gasteiger charge is 2.36. The first kappa shape index (κ1) is 9.70. The van der Waals surface area contributed by atoms with Crippen LogP contribution >= 0.6 is 0 Å². The maximum absolute atomic E-state index is 11.8. The van der Waals surface area contributed by atoms with Gasteiger partial charge in [-0.2, -0.15) is 0 Å². The van der Waals surface area contributed by atoms with E-state index in [2.05, 4.69) is 5.32 Å². The monoisotopic (exact) mass is 217 g/mol. The second kappa shape index (κ2) is 3.51. The largest absolute Gasteiger partial charge is 0.507 e. The molecule has 16 heavy (non-hydrogen) atoms. The van der Waals surface area contributed by atoms with E-state index in [4.69, 9.17) is 0 Å². The number of amides is 1. The van der Waals surface area contributed by atoms with Crippen LogP contribution in [0.4, 0.5) is 0 Å². The van der Waals surface area contributed by atoms with Gasteiger partial charge in [-0.25, -0.2) is 0 Å². The first-order valence-corrected chi connectivity index (χ1v) is 5.90. The lowest BCUT2D eigenvalue weighted by Crippen LogP contribution is -2.24. The van der Waals surface area contributed by atoms with Crippen LogP contribution < -0.4 is 5.32 Å². The molecule has 2 aliphatic rings. The van der Waals surface area contributed by atoms with Crippen molar-refractivity contribution in [2.45, 2.75) is 31.7 Å². The van der Waals surface area contributed by atoms with Crippen molar-refractivity contribution in [3.63, 3.8) is 0 Å². The van der Waals surface area contributed by atoms with Crippen molar-refractivity contribution < 1.29 is 9.90 Å². The van der Waals surface area contributed by atoms with Gasteiger partial charge in [-0.15, -0.1) is 0 Å². The Morgan fingerprint density at radius 3 is 2.75 bits per heavy atom. The molecule has 1 heterocycles. The van der Waals surface area contributed by atoms with E-state index < -0.39 is 0 Å². The molecule has 3 nitrogen and oxygen atoms in total. The third-order valence-corrected chi connectivity index (χ3v) is 3.79. The summed E-state index contributed by atoms with van der Waals surface area (Å²) in [5, 5.41) is 12.7. The van der Waals surface area contributed by atoms with E-state index in [-0.39, 0.29) is 17.7 Å². The predicted octanol–water partition coefficient (Wildman–Crippen LogP) is 2.37. The smallest absolute Gasteiger partial charge is 0.255 e. The van der Waals surface area contributed by atoms with Crippen LogP contribution in [0.3, 0.4) is 0 Å². The highest BCUT2D eigenvalue weighted by atomic mass is 16.3. The van der Waals surface area contributed by atoms with E-state index in [0.29, 0.717) is 11.5 Å². The Morgan fingerprint density at radius 1 is 1.25 bits per heavy atom. The second-order valence-corrected chi connectivity index (χ2v) is 4.74. The summed E-state index contributed by atoms with van der Waals surface area (Å²) in [6.07, 6.45) is 4.87. The Hall–Kier alpha value is -1.51. The Labute approximate surface area is 94.5 Å². The fraction of sp³-hybridized carbons (Fsp3) is 0.462. The number of phenolic OH excluding ortho intramolecular Hbond substituents is 1.